The predicted octanol–water partition coefficient (Wildman–Crippen LogP) is 3.50. The molecule has 1 N–H and O–H groups in total. The van der Waals surface area contributed by atoms with Crippen LogP contribution in [0.1, 0.15) is 78.6 Å². The monoisotopic (exact) mass is 305 g/mol. The molecule has 22 heavy (non-hydrogen) atoms. The Morgan fingerprint density at radius 2 is 1.77 bits per heavy atom. The fraction of sp³-hybridized carbons (Fsp3) is 0.947. The lowest BCUT2D eigenvalue weighted by molar-refractivity contribution is -0.211. The first-order valence-electron chi connectivity index (χ1n) is 9.36. The van der Waals surface area contributed by atoms with Crippen LogP contribution in [0, 0.1) is 16.7 Å². The molecular weight excluding hydrogens is 274 g/mol. The summed E-state index contributed by atoms with van der Waals surface area (Å²) in [7, 11) is 0. The molecule has 0 radical (unpaired) electrons. The highest BCUT2D eigenvalue weighted by Crippen LogP contribution is 2.68. The van der Waals surface area contributed by atoms with Crippen LogP contribution < -0.4 is 0 Å². The smallest absolute Gasteiger partial charge is 0.229 e. The maximum Gasteiger partial charge on any atom is 0.229 e. The van der Waals surface area contributed by atoms with Crippen LogP contribution in [-0.4, -0.2) is 33.6 Å². The lowest BCUT2D eigenvalue weighted by atomic mass is 9.42. The summed E-state index contributed by atoms with van der Waals surface area (Å²) < 4.78 is 0. The van der Waals surface area contributed by atoms with E-state index in [1.54, 1.807) is 0 Å². The molecule has 6 atom stereocenters. The molecule has 0 aromatic rings. The summed E-state index contributed by atoms with van der Waals surface area (Å²) >= 11 is 0. The lowest BCUT2D eigenvalue weighted by Gasteiger charge is -2.65. The van der Waals surface area contributed by atoms with E-state index in [1.165, 1.54) is 6.42 Å². The molecule has 0 aromatic heterocycles. The zero-order valence-corrected chi connectivity index (χ0v) is 14.4. The van der Waals surface area contributed by atoms with Crippen LogP contribution in [0.5, 0.6) is 0 Å². The van der Waals surface area contributed by atoms with Crippen molar-refractivity contribution in [2.45, 2.75) is 96.2 Å². The molecule has 1 heterocycles. The minimum atomic E-state index is -0.558. The van der Waals surface area contributed by atoms with Gasteiger partial charge in [0.1, 0.15) is 0 Å². The summed E-state index contributed by atoms with van der Waals surface area (Å²) in [6, 6.07) is 0.755. The highest BCUT2D eigenvalue weighted by molar-refractivity contribution is 5.84. The minimum Gasteiger partial charge on any atom is -0.390 e. The molecule has 0 aromatic carbocycles. The van der Waals surface area contributed by atoms with Gasteiger partial charge < -0.3 is 10.0 Å². The Morgan fingerprint density at radius 1 is 1.09 bits per heavy atom. The first-order chi connectivity index (χ1) is 10.3. The van der Waals surface area contributed by atoms with Crippen molar-refractivity contribution in [2.75, 3.05) is 0 Å². The Labute approximate surface area is 134 Å². The third-order valence-electron chi connectivity index (χ3n) is 7.54. The van der Waals surface area contributed by atoms with E-state index in [0.717, 1.165) is 51.4 Å². The maximum atomic E-state index is 13.5. The van der Waals surface area contributed by atoms with Gasteiger partial charge in [-0.2, -0.15) is 0 Å². The first-order valence-corrected chi connectivity index (χ1v) is 9.36. The van der Waals surface area contributed by atoms with Gasteiger partial charge in [0.05, 0.1) is 11.0 Å². The van der Waals surface area contributed by atoms with Gasteiger partial charge in [-0.3, -0.25) is 4.79 Å². The lowest BCUT2D eigenvalue weighted by Crippen LogP contribution is -2.64. The third-order valence-corrected chi connectivity index (χ3v) is 7.54. The summed E-state index contributed by atoms with van der Waals surface area (Å²) in [6.07, 6.45) is 9.30. The molecular formula is C19H31NO2. The maximum absolute atomic E-state index is 13.5. The van der Waals surface area contributed by atoms with Crippen molar-refractivity contribution in [3.8, 4) is 0 Å². The number of carbonyl (C=O) groups excluding carboxylic acids is 1. The Hall–Kier alpha value is -0.570. The van der Waals surface area contributed by atoms with Crippen LogP contribution in [-0.2, 0) is 4.79 Å². The quantitative estimate of drug-likeness (QED) is 0.848. The second-order valence-corrected chi connectivity index (χ2v) is 9.35. The molecule has 4 aliphatic carbocycles. The second-order valence-electron chi connectivity index (χ2n) is 9.35. The van der Waals surface area contributed by atoms with Crippen molar-refractivity contribution in [3.05, 3.63) is 0 Å². The molecule has 5 fully saturated rings. The average molecular weight is 305 g/mol. The van der Waals surface area contributed by atoms with Crippen molar-refractivity contribution in [3.63, 3.8) is 0 Å². The molecule has 1 saturated heterocycles. The van der Waals surface area contributed by atoms with Crippen LogP contribution >= 0.6 is 0 Å². The fourth-order valence-electron chi connectivity index (χ4n) is 7.09. The summed E-state index contributed by atoms with van der Waals surface area (Å²) in [6.45, 7) is 6.66. The van der Waals surface area contributed by atoms with Crippen molar-refractivity contribution < 1.29 is 9.90 Å². The molecule has 3 heteroatoms. The van der Waals surface area contributed by atoms with Crippen LogP contribution in [0.15, 0.2) is 0 Å². The van der Waals surface area contributed by atoms with E-state index >= 15 is 0 Å². The number of amides is 1. The number of likely N-dealkylation sites (tertiary alicyclic amines) is 1. The second kappa shape index (κ2) is 4.49. The third kappa shape index (κ3) is 1.93. The van der Waals surface area contributed by atoms with Gasteiger partial charge in [0.15, 0.2) is 0 Å². The van der Waals surface area contributed by atoms with Crippen molar-refractivity contribution in [1.82, 2.24) is 4.90 Å². The van der Waals surface area contributed by atoms with Gasteiger partial charge in [0.2, 0.25) is 5.91 Å². The molecule has 4 saturated carbocycles. The molecule has 0 spiro atoms. The standard InChI is InChI=1S/C19H31NO2/c1-4-17-7-15-8-18(10-17,12-19(22,9-15)11-17)16(21)20-13(2)5-6-14(20)3/h13-15,22H,4-12H2,1-3H3/t13-,14+,15?,17?,18?,19?. The van der Waals surface area contributed by atoms with Crippen LogP contribution in [0.4, 0.5) is 0 Å². The van der Waals surface area contributed by atoms with E-state index in [-0.39, 0.29) is 10.8 Å². The Kier molecular flexibility index (Phi) is 3.06. The Balaban J connectivity index is 1.70. The van der Waals surface area contributed by atoms with E-state index in [2.05, 4.69) is 25.7 Å². The van der Waals surface area contributed by atoms with E-state index < -0.39 is 5.60 Å². The molecule has 5 rings (SSSR count). The van der Waals surface area contributed by atoms with Crippen molar-refractivity contribution in [1.29, 1.82) is 0 Å². The number of aliphatic hydroxyl groups is 1. The molecule has 4 unspecified atom stereocenters. The van der Waals surface area contributed by atoms with Gasteiger partial charge >= 0.3 is 0 Å². The van der Waals surface area contributed by atoms with E-state index in [9.17, 15) is 9.90 Å². The predicted molar refractivity (Wildman–Crippen MR) is 86.3 cm³/mol. The molecule has 124 valence electrons. The minimum absolute atomic E-state index is 0.232. The molecule has 4 bridgehead atoms. The number of hydrogen-bond acceptors (Lipinski definition) is 2. The van der Waals surface area contributed by atoms with Gasteiger partial charge in [-0.15, -0.1) is 0 Å². The van der Waals surface area contributed by atoms with E-state index in [1.807, 2.05) is 0 Å². The van der Waals surface area contributed by atoms with Gasteiger partial charge in [-0.1, -0.05) is 13.3 Å². The highest BCUT2D eigenvalue weighted by Gasteiger charge is 2.65. The fourth-order valence-corrected chi connectivity index (χ4v) is 7.09. The number of hydrogen-bond donors (Lipinski definition) is 1. The summed E-state index contributed by atoms with van der Waals surface area (Å²) in [4.78, 5) is 15.7. The van der Waals surface area contributed by atoms with Gasteiger partial charge in [0, 0.05) is 12.1 Å². The number of carbonyl (C=O) groups is 1. The molecule has 3 nitrogen and oxygen atoms in total. The van der Waals surface area contributed by atoms with Crippen molar-refractivity contribution in [2.24, 2.45) is 16.7 Å². The summed E-state index contributed by atoms with van der Waals surface area (Å²) in [5.41, 5.74) is -0.579. The van der Waals surface area contributed by atoms with Crippen molar-refractivity contribution >= 4 is 5.91 Å². The van der Waals surface area contributed by atoms with E-state index in [4.69, 9.17) is 0 Å². The van der Waals surface area contributed by atoms with E-state index in [0.29, 0.717) is 23.9 Å². The number of nitrogens with zero attached hydrogens (tertiary/aromatic N) is 1. The van der Waals surface area contributed by atoms with Crippen LogP contribution in [0.25, 0.3) is 0 Å². The Morgan fingerprint density at radius 3 is 2.36 bits per heavy atom. The van der Waals surface area contributed by atoms with Gasteiger partial charge in [-0.25, -0.2) is 0 Å². The highest BCUT2D eigenvalue weighted by atomic mass is 16.3. The van der Waals surface area contributed by atoms with Gasteiger partial charge in [-0.05, 0) is 76.5 Å². The molecule has 1 aliphatic heterocycles. The summed E-state index contributed by atoms with van der Waals surface area (Å²) in [5.74, 6) is 0.948. The number of rotatable bonds is 2. The zero-order valence-electron chi connectivity index (χ0n) is 14.4. The normalized spacial score (nSPS) is 53.3. The Bertz CT molecular complexity index is 496. The van der Waals surface area contributed by atoms with Gasteiger partial charge in [0.25, 0.3) is 0 Å². The molecule has 5 aliphatic rings. The largest absolute Gasteiger partial charge is 0.390 e. The van der Waals surface area contributed by atoms with Crippen LogP contribution in [0.3, 0.4) is 0 Å². The van der Waals surface area contributed by atoms with Crippen LogP contribution in [0.2, 0.25) is 0 Å². The average Bonchev–Trinajstić information content (AvgIpc) is 2.74. The summed E-state index contributed by atoms with van der Waals surface area (Å²) in [5, 5.41) is 11.1. The molecule has 1 amide bonds. The first kappa shape index (κ1) is 15.0. The topological polar surface area (TPSA) is 40.5 Å². The SMILES string of the molecule is CCC12CC3CC(O)(C1)CC(C(=O)N1[C@H](C)CC[C@@H]1C)(C3)C2. The zero-order chi connectivity index (χ0) is 15.8.